The summed E-state index contributed by atoms with van der Waals surface area (Å²) in [6, 6.07) is 8.64. The summed E-state index contributed by atoms with van der Waals surface area (Å²) in [5.74, 6) is 0.687. The van der Waals surface area contributed by atoms with E-state index < -0.39 is 0 Å². The third-order valence-corrected chi connectivity index (χ3v) is 3.70. The van der Waals surface area contributed by atoms with Gasteiger partial charge in [0, 0.05) is 24.0 Å². The third kappa shape index (κ3) is 3.40. The van der Waals surface area contributed by atoms with Gasteiger partial charge in [-0.15, -0.1) is 11.3 Å². The quantitative estimate of drug-likeness (QED) is 0.893. The molecule has 2 rings (SSSR count). The van der Waals surface area contributed by atoms with Crippen LogP contribution in [0, 0.1) is 5.92 Å². The zero-order valence-corrected chi connectivity index (χ0v) is 11.7. The summed E-state index contributed by atoms with van der Waals surface area (Å²) in [6.45, 7) is 4.63. The molecule has 2 nitrogen and oxygen atoms in total. The molecule has 1 aromatic heterocycles. The Morgan fingerprint density at radius 1 is 1.22 bits per heavy atom. The lowest BCUT2D eigenvalue weighted by molar-refractivity contribution is 0.298. The van der Waals surface area contributed by atoms with Crippen molar-refractivity contribution in [1.82, 2.24) is 4.98 Å². The van der Waals surface area contributed by atoms with Crippen LogP contribution in [0.15, 0.2) is 29.6 Å². The molecule has 1 heterocycles. The maximum absolute atomic E-state index is 8.88. The highest BCUT2D eigenvalue weighted by atomic mass is 32.1. The van der Waals surface area contributed by atoms with Gasteiger partial charge < -0.3 is 5.11 Å². The van der Waals surface area contributed by atoms with Crippen LogP contribution in [0.5, 0.6) is 0 Å². The summed E-state index contributed by atoms with van der Waals surface area (Å²) in [7, 11) is 0. The van der Waals surface area contributed by atoms with Gasteiger partial charge in [0.05, 0.1) is 5.69 Å². The predicted octanol–water partition coefficient (Wildman–Crippen LogP) is 3.54. The molecule has 0 atom stereocenters. The maximum atomic E-state index is 8.88. The average molecular weight is 261 g/mol. The van der Waals surface area contributed by atoms with Crippen LogP contribution in [-0.2, 0) is 12.8 Å². The molecule has 0 fully saturated rings. The van der Waals surface area contributed by atoms with Gasteiger partial charge in [-0.1, -0.05) is 38.1 Å². The Morgan fingerprint density at radius 2 is 1.94 bits per heavy atom. The van der Waals surface area contributed by atoms with Gasteiger partial charge in [0.1, 0.15) is 5.01 Å². The molecule has 0 spiro atoms. The van der Waals surface area contributed by atoms with Crippen LogP contribution < -0.4 is 0 Å². The summed E-state index contributed by atoms with van der Waals surface area (Å²) in [6.07, 6.45) is 1.76. The van der Waals surface area contributed by atoms with Crippen molar-refractivity contribution >= 4 is 11.3 Å². The van der Waals surface area contributed by atoms with E-state index in [9.17, 15) is 0 Å². The largest absolute Gasteiger partial charge is 0.396 e. The summed E-state index contributed by atoms with van der Waals surface area (Å²) in [4.78, 5) is 4.52. The fraction of sp³-hybridized carbons (Fsp3) is 0.400. The number of benzene rings is 1. The van der Waals surface area contributed by atoms with Crippen LogP contribution in [0.1, 0.15) is 25.1 Å². The number of thiazole rings is 1. The molecule has 0 bridgehead atoms. The Kier molecular flexibility index (Phi) is 4.50. The second-order valence-electron chi connectivity index (χ2n) is 4.91. The molecule has 0 saturated heterocycles. The number of rotatable bonds is 5. The smallest absolute Gasteiger partial charge is 0.123 e. The standard InChI is InChI=1S/C15H19NOS/c1-11(2)9-12-3-5-13(6-4-12)15-16-14(7-8-17)10-18-15/h3-6,10-11,17H,7-9H2,1-2H3. The first kappa shape index (κ1) is 13.2. The van der Waals surface area contributed by atoms with Crippen LogP contribution in [0.25, 0.3) is 10.6 Å². The Bertz CT molecular complexity index is 487. The number of hydrogen-bond donors (Lipinski definition) is 1. The molecule has 0 amide bonds. The monoisotopic (exact) mass is 261 g/mol. The van der Waals surface area contributed by atoms with E-state index in [1.165, 1.54) is 5.56 Å². The van der Waals surface area contributed by atoms with Crippen molar-refractivity contribution in [3.05, 3.63) is 40.9 Å². The van der Waals surface area contributed by atoms with E-state index in [1.807, 2.05) is 5.38 Å². The minimum atomic E-state index is 0.163. The molecule has 1 N–H and O–H groups in total. The van der Waals surface area contributed by atoms with Crippen LogP contribution >= 0.6 is 11.3 Å². The van der Waals surface area contributed by atoms with E-state index in [1.54, 1.807) is 11.3 Å². The van der Waals surface area contributed by atoms with Crippen molar-refractivity contribution in [3.8, 4) is 10.6 Å². The molecule has 0 unspecified atom stereocenters. The Morgan fingerprint density at radius 3 is 2.56 bits per heavy atom. The van der Waals surface area contributed by atoms with Crippen LogP contribution in [-0.4, -0.2) is 16.7 Å². The van der Waals surface area contributed by atoms with Crippen molar-refractivity contribution in [3.63, 3.8) is 0 Å². The van der Waals surface area contributed by atoms with E-state index in [2.05, 4.69) is 43.1 Å². The average Bonchev–Trinajstić information content (AvgIpc) is 2.78. The molecule has 0 aliphatic rings. The molecule has 0 aliphatic carbocycles. The lowest BCUT2D eigenvalue weighted by Gasteiger charge is -2.05. The number of aliphatic hydroxyl groups excluding tert-OH is 1. The fourth-order valence-electron chi connectivity index (χ4n) is 1.92. The molecule has 0 radical (unpaired) electrons. The lowest BCUT2D eigenvalue weighted by atomic mass is 10.0. The number of aliphatic hydroxyl groups is 1. The Labute approximate surface area is 112 Å². The first-order chi connectivity index (χ1) is 8.69. The highest BCUT2D eigenvalue weighted by Crippen LogP contribution is 2.24. The highest BCUT2D eigenvalue weighted by Gasteiger charge is 2.05. The minimum Gasteiger partial charge on any atom is -0.396 e. The molecule has 0 saturated carbocycles. The van der Waals surface area contributed by atoms with Gasteiger partial charge in [0.25, 0.3) is 0 Å². The molecule has 3 heteroatoms. The Hall–Kier alpha value is -1.19. The van der Waals surface area contributed by atoms with Gasteiger partial charge in [-0.25, -0.2) is 4.98 Å². The topological polar surface area (TPSA) is 33.1 Å². The minimum absolute atomic E-state index is 0.163. The van der Waals surface area contributed by atoms with Crippen LogP contribution in [0.3, 0.4) is 0 Å². The van der Waals surface area contributed by atoms with E-state index in [0.29, 0.717) is 12.3 Å². The third-order valence-electron chi connectivity index (χ3n) is 2.76. The fourth-order valence-corrected chi connectivity index (χ4v) is 2.78. The summed E-state index contributed by atoms with van der Waals surface area (Å²) in [5, 5.41) is 11.9. The second kappa shape index (κ2) is 6.12. The molecule has 18 heavy (non-hydrogen) atoms. The van der Waals surface area contributed by atoms with Crippen molar-refractivity contribution in [1.29, 1.82) is 0 Å². The highest BCUT2D eigenvalue weighted by molar-refractivity contribution is 7.13. The second-order valence-corrected chi connectivity index (χ2v) is 5.77. The molecular weight excluding hydrogens is 242 g/mol. The van der Waals surface area contributed by atoms with Crippen molar-refractivity contribution in [2.45, 2.75) is 26.7 Å². The summed E-state index contributed by atoms with van der Waals surface area (Å²) in [5.41, 5.74) is 3.52. The van der Waals surface area contributed by atoms with Crippen molar-refractivity contribution in [2.75, 3.05) is 6.61 Å². The number of nitrogens with zero attached hydrogens (tertiary/aromatic N) is 1. The van der Waals surface area contributed by atoms with Gasteiger partial charge in [-0.3, -0.25) is 0 Å². The van der Waals surface area contributed by atoms with Gasteiger partial charge >= 0.3 is 0 Å². The van der Waals surface area contributed by atoms with Gasteiger partial charge in [0.15, 0.2) is 0 Å². The van der Waals surface area contributed by atoms with E-state index in [0.717, 1.165) is 22.7 Å². The number of aromatic nitrogens is 1. The SMILES string of the molecule is CC(C)Cc1ccc(-c2nc(CCO)cs2)cc1. The molecule has 2 aromatic rings. The zero-order chi connectivity index (χ0) is 13.0. The first-order valence-corrected chi connectivity index (χ1v) is 7.21. The van der Waals surface area contributed by atoms with Crippen LogP contribution in [0.4, 0.5) is 0 Å². The lowest BCUT2D eigenvalue weighted by Crippen LogP contribution is -1.93. The van der Waals surface area contributed by atoms with Gasteiger partial charge in [-0.05, 0) is 17.9 Å². The molecule has 96 valence electrons. The van der Waals surface area contributed by atoms with Crippen molar-refractivity contribution < 1.29 is 5.11 Å². The van der Waals surface area contributed by atoms with Crippen molar-refractivity contribution in [2.24, 2.45) is 5.92 Å². The summed E-state index contributed by atoms with van der Waals surface area (Å²) < 4.78 is 0. The zero-order valence-electron chi connectivity index (χ0n) is 10.9. The number of hydrogen-bond acceptors (Lipinski definition) is 3. The summed E-state index contributed by atoms with van der Waals surface area (Å²) >= 11 is 1.64. The molecule has 1 aromatic carbocycles. The first-order valence-electron chi connectivity index (χ1n) is 6.33. The van der Waals surface area contributed by atoms with Gasteiger partial charge in [0.2, 0.25) is 0 Å². The van der Waals surface area contributed by atoms with Gasteiger partial charge in [-0.2, -0.15) is 0 Å². The Balaban J connectivity index is 2.12. The van der Waals surface area contributed by atoms with Crippen LogP contribution in [0.2, 0.25) is 0 Å². The molecule has 0 aliphatic heterocycles. The maximum Gasteiger partial charge on any atom is 0.123 e. The predicted molar refractivity (Wildman–Crippen MR) is 76.9 cm³/mol. The van der Waals surface area contributed by atoms with E-state index in [4.69, 9.17) is 5.11 Å². The normalized spacial score (nSPS) is 11.1. The van der Waals surface area contributed by atoms with E-state index in [-0.39, 0.29) is 6.61 Å². The molecular formula is C15H19NOS. The van der Waals surface area contributed by atoms with E-state index >= 15 is 0 Å².